The first-order valence-electron chi connectivity index (χ1n) is 14.2. The lowest BCUT2D eigenvalue weighted by Crippen LogP contribution is -2.47. The van der Waals surface area contributed by atoms with Crippen molar-refractivity contribution in [1.29, 1.82) is 0 Å². The van der Waals surface area contributed by atoms with Crippen LogP contribution in [0.3, 0.4) is 0 Å². The summed E-state index contributed by atoms with van der Waals surface area (Å²) in [5.41, 5.74) is 1.62. The summed E-state index contributed by atoms with van der Waals surface area (Å²) in [6.07, 6.45) is 12.2. The summed E-state index contributed by atoms with van der Waals surface area (Å²) in [7, 11) is 1.93. The van der Waals surface area contributed by atoms with Crippen molar-refractivity contribution in [2.45, 2.75) is 103 Å². The number of esters is 1. The first kappa shape index (κ1) is 27.9. The molecular weight excluding hydrogens is 484 g/mol. The molecule has 2 fully saturated rings. The van der Waals surface area contributed by atoms with Gasteiger partial charge in [-0.1, -0.05) is 25.7 Å². The molecule has 1 N–H and O–H groups in total. The summed E-state index contributed by atoms with van der Waals surface area (Å²) in [4.78, 5) is 45.3. The van der Waals surface area contributed by atoms with Crippen molar-refractivity contribution < 1.29 is 23.9 Å². The number of benzene rings is 1. The molecule has 0 spiro atoms. The average molecular weight is 527 g/mol. The van der Waals surface area contributed by atoms with Crippen molar-refractivity contribution in [3.63, 3.8) is 0 Å². The summed E-state index contributed by atoms with van der Waals surface area (Å²) >= 11 is 0. The lowest BCUT2D eigenvalue weighted by atomic mass is 9.94. The Kier molecular flexibility index (Phi) is 10.0. The van der Waals surface area contributed by atoms with Gasteiger partial charge in [0.15, 0.2) is 0 Å². The van der Waals surface area contributed by atoms with E-state index in [1.807, 2.05) is 30.1 Å². The van der Waals surface area contributed by atoms with Crippen LogP contribution in [-0.2, 0) is 25.7 Å². The number of guanidine groups is 1. The number of fused-ring (bicyclic) bond motifs is 1. The molecule has 9 nitrogen and oxygen atoms in total. The molecule has 0 saturated heterocycles. The van der Waals surface area contributed by atoms with Crippen LogP contribution in [0.15, 0.2) is 23.2 Å². The van der Waals surface area contributed by atoms with Crippen LogP contribution in [0.5, 0.6) is 5.75 Å². The van der Waals surface area contributed by atoms with Gasteiger partial charge in [0.05, 0.1) is 12.3 Å². The molecule has 0 bridgehead atoms. The monoisotopic (exact) mass is 526 g/mol. The van der Waals surface area contributed by atoms with E-state index in [0.717, 1.165) is 49.8 Å². The van der Waals surface area contributed by atoms with E-state index >= 15 is 0 Å². The summed E-state index contributed by atoms with van der Waals surface area (Å²) in [6.45, 7) is 2.28. The third kappa shape index (κ3) is 7.95. The van der Waals surface area contributed by atoms with E-state index in [1.54, 1.807) is 4.90 Å². The fourth-order valence-electron chi connectivity index (χ4n) is 5.57. The average Bonchev–Trinajstić information content (AvgIpc) is 2.91. The Labute approximate surface area is 225 Å². The minimum absolute atomic E-state index is 0.0107. The number of hydrogen-bond donors (Lipinski definition) is 1. The molecule has 9 heteroatoms. The molecule has 1 aliphatic heterocycles. The van der Waals surface area contributed by atoms with Crippen molar-refractivity contribution >= 4 is 29.4 Å². The van der Waals surface area contributed by atoms with Gasteiger partial charge in [-0.25, -0.2) is 4.99 Å². The number of nitrogens with one attached hydrogen (secondary N) is 1. The van der Waals surface area contributed by atoms with Gasteiger partial charge in [0.2, 0.25) is 17.8 Å². The summed E-state index contributed by atoms with van der Waals surface area (Å²) < 4.78 is 11.7. The first-order valence-corrected chi connectivity index (χ1v) is 14.2. The largest absolute Gasteiger partial charge is 0.494 e. The van der Waals surface area contributed by atoms with E-state index in [4.69, 9.17) is 9.47 Å². The summed E-state index contributed by atoms with van der Waals surface area (Å²) in [5, 5.41) is 2.74. The standard InChI is InChI=1S/C29H42N4O5/c1-21(34)30-29-31-26-16-15-25(37-17-9-14-27(35)32(2)23-10-5-3-6-11-23)18-22(26)19-33(29)20-28(36)38-24-12-7-4-8-13-24/h15-16,18,23-24H,3-14,17,19-20H2,1-2H3,(H,30,31,34). The van der Waals surface area contributed by atoms with Crippen LogP contribution in [0.1, 0.15) is 89.5 Å². The summed E-state index contributed by atoms with van der Waals surface area (Å²) in [6, 6.07) is 5.99. The van der Waals surface area contributed by atoms with Crippen molar-refractivity contribution in [2.24, 2.45) is 4.99 Å². The van der Waals surface area contributed by atoms with Gasteiger partial charge in [-0.2, -0.15) is 0 Å². The Morgan fingerprint density at radius 2 is 1.76 bits per heavy atom. The van der Waals surface area contributed by atoms with Gasteiger partial charge >= 0.3 is 5.97 Å². The highest BCUT2D eigenvalue weighted by Gasteiger charge is 2.26. The third-order valence-electron chi connectivity index (χ3n) is 7.72. The molecule has 38 heavy (non-hydrogen) atoms. The molecule has 0 atom stereocenters. The van der Waals surface area contributed by atoms with E-state index in [9.17, 15) is 14.4 Å². The molecule has 2 amide bonds. The number of carbonyl (C=O) groups excluding carboxylic acids is 3. The van der Waals surface area contributed by atoms with Gasteiger partial charge < -0.3 is 19.3 Å². The molecule has 3 aliphatic rings. The topological polar surface area (TPSA) is 101 Å². The third-order valence-corrected chi connectivity index (χ3v) is 7.72. The molecule has 0 unspecified atom stereocenters. The minimum atomic E-state index is -0.311. The highest BCUT2D eigenvalue weighted by Crippen LogP contribution is 2.30. The van der Waals surface area contributed by atoms with E-state index < -0.39 is 0 Å². The van der Waals surface area contributed by atoms with Gasteiger partial charge in [0.25, 0.3) is 0 Å². The van der Waals surface area contributed by atoms with Gasteiger partial charge in [-0.3, -0.25) is 19.7 Å². The minimum Gasteiger partial charge on any atom is -0.494 e. The number of nitrogens with zero attached hydrogens (tertiary/aromatic N) is 3. The smallest absolute Gasteiger partial charge is 0.325 e. The maximum absolute atomic E-state index is 12.7. The number of rotatable bonds is 9. The lowest BCUT2D eigenvalue weighted by Gasteiger charge is -2.31. The van der Waals surface area contributed by atoms with Crippen molar-refractivity contribution in [1.82, 2.24) is 15.1 Å². The maximum Gasteiger partial charge on any atom is 0.325 e. The van der Waals surface area contributed by atoms with E-state index in [2.05, 4.69) is 10.3 Å². The van der Waals surface area contributed by atoms with Crippen molar-refractivity contribution in [2.75, 3.05) is 20.2 Å². The van der Waals surface area contributed by atoms with Crippen LogP contribution in [0.4, 0.5) is 5.69 Å². The van der Waals surface area contributed by atoms with Gasteiger partial charge in [-0.05, 0) is 63.1 Å². The SMILES string of the molecule is CC(=O)NC1=Nc2ccc(OCCCC(=O)N(C)C3CCCCC3)cc2CN1CC(=O)OC1CCCCC1. The van der Waals surface area contributed by atoms with E-state index in [0.29, 0.717) is 43.7 Å². The maximum atomic E-state index is 12.7. The molecule has 0 radical (unpaired) electrons. The molecule has 0 aromatic heterocycles. The zero-order valence-corrected chi connectivity index (χ0v) is 22.9. The number of hydrogen-bond acceptors (Lipinski definition) is 7. The van der Waals surface area contributed by atoms with Crippen LogP contribution in [0.25, 0.3) is 0 Å². The van der Waals surface area contributed by atoms with Crippen molar-refractivity contribution in [3.05, 3.63) is 23.8 Å². The number of carbonyl (C=O) groups is 3. The molecule has 1 aromatic carbocycles. The molecule has 4 rings (SSSR count). The fraction of sp³-hybridized carbons (Fsp3) is 0.655. The van der Waals surface area contributed by atoms with Gasteiger partial charge in [-0.15, -0.1) is 0 Å². The molecule has 208 valence electrons. The first-order chi connectivity index (χ1) is 18.4. The van der Waals surface area contributed by atoms with Crippen LogP contribution in [-0.4, -0.2) is 65.9 Å². The Balaban J connectivity index is 1.30. The zero-order chi connectivity index (χ0) is 26.9. The molecular formula is C29H42N4O5. The lowest BCUT2D eigenvalue weighted by molar-refractivity contribution is -0.151. The van der Waals surface area contributed by atoms with E-state index in [-0.39, 0.29) is 30.4 Å². The second kappa shape index (κ2) is 13.6. The number of aliphatic imine (C=N–C) groups is 1. The predicted molar refractivity (Wildman–Crippen MR) is 145 cm³/mol. The Bertz CT molecular complexity index is 1010. The zero-order valence-electron chi connectivity index (χ0n) is 22.9. The van der Waals surface area contributed by atoms with Crippen molar-refractivity contribution in [3.8, 4) is 5.75 Å². The van der Waals surface area contributed by atoms with Crippen LogP contribution in [0, 0.1) is 0 Å². The highest BCUT2D eigenvalue weighted by atomic mass is 16.5. The Hall–Kier alpha value is -3.10. The quantitative estimate of drug-likeness (QED) is 0.377. The normalized spacial score (nSPS) is 18.3. The highest BCUT2D eigenvalue weighted by molar-refractivity contribution is 5.99. The number of amides is 2. The Morgan fingerprint density at radius 3 is 2.47 bits per heavy atom. The predicted octanol–water partition coefficient (Wildman–Crippen LogP) is 4.45. The van der Waals surface area contributed by atoms with Gasteiger partial charge in [0.1, 0.15) is 18.4 Å². The van der Waals surface area contributed by atoms with E-state index in [1.165, 1.54) is 32.6 Å². The molecule has 2 aliphatic carbocycles. The molecule has 2 saturated carbocycles. The van der Waals surface area contributed by atoms with Gasteiger partial charge in [0, 0.05) is 38.5 Å². The second-order valence-electron chi connectivity index (χ2n) is 10.8. The summed E-state index contributed by atoms with van der Waals surface area (Å²) in [5.74, 6) is 0.663. The van der Waals surface area contributed by atoms with Crippen LogP contribution < -0.4 is 10.1 Å². The fourth-order valence-corrected chi connectivity index (χ4v) is 5.57. The molecule has 1 aromatic rings. The second-order valence-corrected chi connectivity index (χ2v) is 10.8. The molecule has 1 heterocycles. The van der Waals surface area contributed by atoms with Crippen LogP contribution >= 0.6 is 0 Å². The number of ether oxygens (including phenoxy) is 2. The van der Waals surface area contributed by atoms with Crippen LogP contribution in [0.2, 0.25) is 0 Å². The Morgan fingerprint density at radius 1 is 1.05 bits per heavy atom.